The summed E-state index contributed by atoms with van der Waals surface area (Å²) in [4.78, 5) is 38.3. The standard InChI is InChI=1S/C27H29N5O3S2/c1-19-7-6-10-31-23(19)28-24(30-13-11-29(12-14-30)18-20-8-4-3-5-9-20)21(25(31)33)17-22-26(34)32(15-16-35-2)27(36)37-22/h3-10,17H,11-16,18H2,1-2H3/b22-17+. The lowest BCUT2D eigenvalue weighted by Crippen LogP contribution is -2.47. The summed E-state index contributed by atoms with van der Waals surface area (Å²) in [5, 5.41) is 0. The predicted octanol–water partition coefficient (Wildman–Crippen LogP) is 3.17. The van der Waals surface area contributed by atoms with Crippen molar-refractivity contribution >= 4 is 51.7 Å². The molecule has 8 nitrogen and oxygen atoms in total. The van der Waals surface area contributed by atoms with Crippen LogP contribution in [0.3, 0.4) is 0 Å². The van der Waals surface area contributed by atoms with Crippen LogP contribution in [0.2, 0.25) is 0 Å². The zero-order valence-electron chi connectivity index (χ0n) is 20.9. The molecule has 0 spiro atoms. The van der Waals surface area contributed by atoms with Crippen molar-refractivity contribution < 1.29 is 9.53 Å². The molecule has 1 amide bonds. The largest absolute Gasteiger partial charge is 0.383 e. The van der Waals surface area contributed by atoms with Crippen molar-refractivity contribution in [2.45, 2.75) is 13.5 Å². The molecule has 0 aliphatic carbocycles. The Balaban J connectivity index is 1.48. The molecule has 5 rings (SSSR count). The van der Waals surface area contributed by atoms with Crippen molar-refractivity contribution in [3.8, 4) is 0 Å². The molecule has 192 valence electrons. The SMILES string of the molecule is COCCN1C(=O)/C(=C\c2c(N3CCN(Cc4ccccc4)CC3)nc3c(C)cccn3c2=O)SC1=S. The van der Waals surface area contributed by atoms with Gasteiger partial charge in [-0.2, -0.15) is 0 Å². The number of amides is 1. The third-order valence-corrected chi connectivity index (χ3v) is 8.03. The van der Waals surface area contributed by atoms with Gasteiger partial charge >= 0.3 is 0 Å². The van der Waals surface area contributed by atoms with Crippen molar-refractivity contribution in [2.24, 2.45) is 0 Å². The van der Waals surface area contributed by atoms with Gasteiger partial charge in [0.1, 0.15) is 15.8 Å². The molecule has 0 atom stereocenters. The molecule has 2 saturated heterocycles. The Kier molecular flexibility index (Phi) is 7.71. The van der Waals surface area contributed by atoms with Gasteiger partial charge in [-0.05, 0) is 30.2 Å². The van der Waals surface area contributed by atoms with Crippen LogP contribution in [0.25, 0.3) is 11.7 Å². The number of thiocarbonyl (C=S) groups is 1. The Bertz CT molecular complexity index is 1410. The van der Waals surface area contributed by atoms with Crippen molar-refractivity contribution in [1.29, 1.82) is 0 Å². The summed E-state index contributed by atoms with van der Waals surface area (Å²) in [6.45, 7) is 6.77. The number of benzene rings is 1. The second kappa shape index (κ2) is 11.1. The number of rotatable bonds is 7. The van der Waals surface area contributed by atoms with Gasteiger partial charge in [0, 0.05) is 46.0 Å². The van der Waals surface area contributed by atoms with Crippen molar-refractivity contribution in [1.82, 2.24) is 19.2 Å². The van der Waals surface area contributed by atoms with E-state index >= 15 is 0 Å². The quantitative estimate of drug-likeness (QED) is 0.338. The minimum Gasteiger partial charge on any atom is -0.383 e. The smallest absolute Gasteiger partial charge is 0.267 e. The molecule has 0 bridgehead atoms. The van der Waals surface area contributed by atoms with Gasteiger partial charge in [0.25, 0.3) is 11.5 Å². The van der Waals surface area contributed by atoms with Crippen LogP contribution in [0.15, 0.2) is 58.4 Å². The Morgan fingerprint density at radius 3 is 2.57 bits per heavy atom. The highest BCUT2D eigenvalue weighted by molar-refractivity contribution is 8.26. The van der Waals surface area contributed by atoms with E-state index in [0.29, 0.717) is 39.4 Å². The molecule has 2 aliphatic rings. The van der Waals surface area contributed by atoms with Crippen LogP contribution in [0.5, 0.6) is 0 Å². The van der Waals surface area contributed by atoms with Gasteiger partial charge in [0.15, 0.2) is 0 Å². The van der Waals surface area contributed by atoms with Gasteiger partial charge < -0.3 is 9.64 Å². The van der Waals surface area contributed by atoms with E-state index in [1.54, 1.807) is 23.8 Å². The number of thioether (sulfide) groups is 1. The van der Waals surface area contributed by atoms with Gasteiger partial charge in [0.05, 0.1) is 23.6 Å². The number of hydrogen-bond acceptors (Lipinski definition) is 8. The van der Waals surface area contributed by atoms with Crippen molar-refractivity contribution in [3.63, 3.8) is 0 Å². The fraction of sp³-hybridized carbons (Fsp3) is 0.333. The lowest BCUT2D eigenvalue weighted by molar-refractivity contribution is -0.122. The highest BCUT2D eigenvalue weighted by Gasteiger charge is 2.33. The summed E-state index contributed by atoms with van der Waals surface area (Å²) in [6, 6.07) is 14.2. The average Bonchev–Trinajstić information content (AvgIpc) is 3.17. The highest BCUT2D eigenvalue weighted by Crippen LogP contribution is 2.33. The first-order valence-electron chi connectivity index (χ1n) is 12.2. The number of carbonyl (C=O) groups is 1. The highest BCUT2D eigenvalue weighted by atomic mass is 32.2. The number of anilines is 1. The van der Waals surface area contributed by atoms with Gasteiger partial charge in [-0.1, -0.05) is 60.4 Å². The van der Waals surface area contributed by atoms with E-state index in [0.717, 1.165) is 38.3 Å². The summed E-state index contributed by atoms with van der Waals surface area (Å²) in [5.41, 5.74) is 3.04. The van der Waals surface area contributed by atoms with Crippen LogP contribution in [-0.4, -0.2) is 75.9 Å². The van der Waals surface area contributed by atoms with E-state index < -0.39 is 0 Å². The number of ether oxygens (including phenoxy) is 1. The molecule has 0 N–H and O–H groups in total. The minimum absolute atomic E-state index is 0.197. The van der Waals surface area contributed by atoms with E-state index in [1.807, 2.05) is 25.1 Å². The molecule has 0 radical (unpaired) electrons. The lowest BCUT2D eigenvalue weighted by Gasteiger charge is -2.36. The molecule has 10 heteroatoms. The van der Waals surface area contributed by atoms with Gasteiger partial charge in [-0.3, -0.25) is 23.8 Å². The van der Waals surface area contributed by atoms with Crippen LogP contribution in [0.1, 0.15) is 16.7 Å². The lowest BCUT2D eigenvalue weighted by atomic mass is 10.1. The number of fused-ring (bicyclic) bond motifs is 1. The van der Waals surface area contributed by atoms with Crippen molar-refractivity contribution in [3.05, 3.63) is 80.6 Å². The summed E-state index contributed by atoms with van der Waals surface area (Å²) >= 11 is 6.64. The number of carbonyl (C=O) groups excluding carboxylic acids is 1. The maximum atomic E-state index is 13.7. The molecular weight excluding hydrogens is 506 g/mol. The predicted molar refractivity (Wildman–Crippen MR) is 152 cm³/mol. The molecule has 0 unspecified atom stereocenters. The van der Waals surface area contributed by atoms with Gasteiger partial charge in [-0.25, -0.2) is 4.98 Å². The van der Waals surface area contributed by atoms with Gasteiger partial charge in [-0.15, -0.1) is 0 Å². The maximum absolute atomic E-state index is 13.7. The van der Waals surface area contributed by atoms with Crippen LogP contribution in [0.4, 0.5) is 5.82 Å². The summed E-state index contributed by atoms with van der Waals surface area (Å²) < 4.78 is 7.15. The van der Waals surface area contributed by atoms with E-state index in [9.17, 15) is 9.59 Å². The first kappa shape index (κ1) is 25.6. The zero-order chi connectivity index (χ0) is 25.9. The topological polar surface area (TPSA) is 70.4 Å². The Labute approximate surface area is 225 Å². The third kappa shape index (κ3) is 5.33. The first-order valence-corrected chi connectivity index (χ1v) is 13.5. The second-order valence-electron chi connectivity index (χ2n) is 9.11. The maximum Gasteiger partial charge on any atom is 0.267 e. The number of pyridine rings is 1. The molecule has 4 heterocycles. The van der Waals surface area contributed by atoms with Gasteiger partial charge in [0.2, 0.25) is 0 Å². The van der Waals surface area contributed by atoms with E-state index in [-0.39, 0.29) is 11.5 Å². The monoisotopic (exact) mass is 535 g/mol. The number of hydrogen-bond donors (Lipinski definition) is 0. The molecule has 2 fully saturated rings. The number of aromatic nitrogens is 2. The Hall–Kier alpha value is -3.05. The fourth-order valence-corrected chi connectivity index (χ4v) is 5.92. The van der Waals surface area contributed by atoms with Crippen molar-refractivity contribution in [2.75, 3.05) is 51.3 Å². The Morgan fingerprint density at radius 1 is 1.08 bits per heavy atom. The number of methoxy groups -OCH3 is 1. The van der Waals surface area contributed by atoms with Crippen LogP contribution in [0, 0.1) is 6.92 Å². The molecule has 0 saturated carbocycles. The Morgan fingerprint density at radius 2 is 1.84 bits per heavy atom. The molecule has 2 aromatic heterocycles. The number of piperazine rings is 1. The third-order valence-electron chi connectivity index (χ3n) is 6.65. The summed E-state index contributed by atoms with van der Waals surface area (Å²) in [7, 11) is 1.59. The average molecular weight is 536 g/mol. The van der Waals surface area contributed by atoms with E-state index in [4.69, 9.17) is 21.9 Å². The molecule has 1 aromatic carbocycles. The summed E-state index contributed by atoms with van der Waals surface area (Å²) in [5.74, 6) is 0.403. The molecule has 3 aromatic rings. The summed E-state index contributed by atoms with van der Waals surface area (Å²) in [6.07, 6.45) is 3.39. The number of aryl methyl sites for hydroxylation is 1. The zero-order valence-corrected chi connectivity index (χ0v) is 22.6. The first-order chi connectivity index (χ1) is 18.0. The number of nitrogens with zero attached hydrogens (tertiary/aromatic N) is 5. The molecular formula is C27H29N5O3S2. The van der Waals surface area contributed by atoms with E-state index in [1.165, 1.54) is 22.2 Å². The fourth-order valence-electron chi connectivity index (χ4n) is 4.63. The van der Waals surface area contributed by atoms with Crippen LogP contribution in [-0.2, 0) is 16.1 Å². The normalized spacial score (nSPS) is 17.9. The minimum atomic E-state index is -0.209. The second-order valence-corrected chi connectivity index (χ2v) is 10.8. The molecule has 37 heavy (non-hydrogen) atoms. The van der Waals surface area contributed by atoms with E-state index in [2.05, 4.69) is 34.1 Å². The van der Waals surface area contributed by atoms with Crippen LogP contribution < -0.4 is 10.5 Å². The van der Waals surface area contributed by atoms with Crippen LogP contribution >= 0.6 is 24.0 Å². The molecule has 2 aliphatic heterocycles.